The zero-order chi connectivity index (χ0) is 24.3. The van der Waals surface area contributed by atoms with Crippen molar-refractivity contribution in [3.8, 4) is 11.4 Å². The first-order chi connectivity index (χ1) is 16.3. The molecule has 1 aromatic heterocycles. The van der Waals surface area contributed by atoms with Crippen LogP contribution in [0.2, 0.25) is 0 Å². The smallest absolute Gasteiger partial charge is 0.243 e. The minimum absolute atomic E-state index is 0.0664. The summed E-state index contributed by atoms with van der Waals surface area (Å²) >= 11 is 0. The fraction of sp³-hybridized carbons (Fsp3) is 0.400. The number of piperidine rings is 1. The Kier molecular flexibility index (Phi) is 7.13. The molecule has 8 nitrogen and oxygen atoms in total. The maximum absolute atomic E-state index is 13.4. The molecule has 0 radical (unpaired) electrons. The number of aromatic nitrogens is 2. The number of aryl methyl sites for hydroxylation is 3. The number of carbonyl (C=O) groups excluding carboxylic acids is 1. The van der Waals surface area contributed by atoms with Crippen molar-refractivity contribution >= 4 is 21.6 Å². The molecule has 9 heteroatoms. The summed E-state index contributed by atoms with van der Waals surface area (Å²) in [6.45, 7) is 6.35. The number of amides is 1. The van der Waals surface area contributed by atoms with Gasteiger partial charge in [0, 0.05) is 36.7 Å². The van der Waals surface area contributed by atoms with Gasteiger partial charge in [0.1, 0.15) is 0 Å². The lowest BCUT2D eigenvalue weighted by atomic mass is 9.97. The fourth-order valence-corrected chi connectivity index (χ4v) is 5.82. The quantitative estimate of drug-likeness (QED) is 0.541. The summed E-state index contributed by atoms with van der Waals surface area (Å²) in [6, 6.07) is 13.0. The van der Waals surface area contributed by atoms with Crippen LogP contribution < -0.4 is 5.32 Å². The molecule has 2 heterocycles. The number of nitrogens with zero attached hydrogens (tertiary/aromatic N) is 3. The second-order valence-electron chi connectivity index (χ2n) is 8.56. The Morgan fingerprint density at radius 3 is 2.41 bits per heavy atom. The minimum atomic E-state index is -3.72. The second kappa shape index (κ2) is 10.1. The largest absolute Gasteiger partial charge is 0.339 e. The van der Waals surface area contributed by atoms with Gasteiger partial charge in [-0.15, -0.1) is 0 Å². The number of sulfonamides is 1. The summed E-state index contributed by atoms with van der Waals surface area (Å²) in [7, 11) is -3.72. The summed E-state index contributed by atoms with van der Waals surface area (Å²) < 4.78 is 33.5. The van der Waals surface area contributed by atoms with Gasteiger partial charge < -0.3 is 9.84 Å². The number of benzene rings is 2. The molecule has 4 rings (SSSR count). The van der Waals surface area contributed by atoms with Crippen molar-refractivity contribution in [3.63, 3.8) is 0 Å². The molecule has 0 unspecified atom stereocenters. The predicted octanol–water partition coefficient (Wildman–Crippen LogP) is 4.21. The molecule has 1 fully saturated rings. The molecule has 0 saturated carbocycles. The van der Waals surface area contributed by atoms with Crippen molar-refractivity contribution in [1.29, 1.82) is 0 Å². The molecule has 0 atom stereocenters. The van der Waals surface area contributed by atoms with E-state index in [1.807, 2.05) is 31.2 Å². The van der Waals surface area contributed by atoms with Crippen molar-refractivity contribution in [2.45, 2.75) is 51.3 Å². The summed E-state index contributed by atoms with van der Waals surface area (Å²) in [5.74, 6) is 0.581. The van der Waals surface area contributed by atoms with E-state index in [1.165, 1.54) is 9.87 Å². The van der Waals surface area contributed by atoms with Gasteiger partial charge >= 0.3 is 0 Å². The molecule has 0 aliphatic carbocycles. The summed E-state index contributed by atoms with van der Waals surface area (Å²) in [4.78, 5) is 17.3. The van der Waals surface area contributed by atoms with E-state index in [4.69, 9.17) is 4.52 Å². The summed E-state index contributed by atoms with van der Waals surface area (Å²) in [6.07, 6.45) is 2.50. The normalized spacial score (nSPS) is 15.4. The maximum Gasteiger partial charge on any atom is 0.243 e. The molecule has 1 aliphatic rings. The highest BCUT2D eigenvalue weighted by Crippen LogP contribution is 2.29. The predicted molar refractivity (Wildman–Crippen MR) is 130 cm³/mol. The molecule has 1 amide bonds. The van der Waals surface area contributed by atoms with Gasteiger partial charge in [-0.1, -0.05) is 43.3 Å². The van der Waals surface area contributed by atoms with Crippen LogP contribution in [-0.4, -0.2) is 41.9 Å². The highest BCUT2D eigenvalue weighted by atomic mass is 32.2. The number of anilines is 1. The van der Waals surface area contributed by atoms with Crippen molar-refractivity contribution in [3.05, 3.63) is 59.5 Å². The van der Waals surface area contributed by atoms with E-state index in [9.17, 15) is 13.2 Å². The van der Waals surface area contributed by atoms with Crippen LogP contribution >= 0.6 is 0 Å². The van der Waals surface area contributed by atoms with Gasteiger partial charge in [0.2, 0.25) is 27.6 Å². The van der Waals surface area contributed by atoms with Gasteiger partial charge in [0.15, 0.2) is 0 Å². The van der Waals surface area contributed by atoms with Crippen molar-refractivity contribution in [1.82, 2.24) is 14.4 Å². The van der Waals surface area contributed by atoms with Crippen molar-refractivity contribution < 1.29 is 17.7 Å². The van der Waals surface area contributed by atoms with Gasteiger partial charge in [-0.25, -0.2) is 8.42 Å². The SMILES string of the molecule is CCc1ccc(NC(=O)C2CCN(S(=O)(=O)c3cc(-c4noc(CC)n4)ccc3C)CC2)cc1. The molecule has 34 heavy (non-hydrogen) atoms. The second-order valence-corrected chi connectivity index (χ2v) is 10.5. The average molecular weight is 483 g/mol. The van der Waals surface area contributed by atoms with E-state index in [0.29, 0.717) is 55.2 Å². The Morgan fingerprint density at radius 2 is 1.79 bits per heavy atom. The summed E-state index contributed by atoms with van der Waals surface area (Å²) in [5.41, 5.74) is 3.22. The molecule has 1 aliphatic heterocycles. The van der Waals surface area contributed by atoms with Crippen molar-refractivity contribution in [2.24, 2.45) is 5.92 Å². The van der Waals surface area contributed by atoms with Crippen LogP contribution in [0.4, 0.5) is 5.69 Å². The molecule has 2 aromatic carbocycles. The first-order valence-electron chi connectivity index (χ1n) is 11.7. The van der Waals surface area contributed by atoms with Gasteiger partial charge in [0.05, 0.1) is 4.90 Å². The van der Waals surface area contributed by atoms with E-state index < -0.39 is 10.0 Å². The first-order valence-corrected chi connectivity index (χ1v) is 13.1. The van der Waals surface area contributed by atoms with Gasteiger partial charge in [0.25, 0.3) is 0 Å². The lowest BCUT2D eigenvalue weighted by Crippen LogP contribution is -2.41. The third kappa shape index (κ3) is 5.05. The van der Waals surface area contributed by atoms with Crippen LogP contribution in [0.25, 0.3) is 11.4 Å². The highest BCUT2D eigenvalue weighted by molar-refractivity contribution is 7.89. The van der Waals surface area contributed by atoms with Gasteiger partial charge in [-0.3, -0.25) is 4.79 Å². The van der Waals surface area contributed by atoms with Crippen LogP contribution in [-0.2, 0) is 27.7 Å². The first kappa shape index (κ1) is 24.1. The molecule has 180 valence electrons. The Hall–Kier alpha value is -3.04. The fourth-order valence-electron chi connectivity index (χ4n) is 4.10. The minimum Gasteiger partial charge on any atom is -0.339 e. The van der Waals surface area contributed by atoms with E-state index in [2.05, 4.69) is 22.4 Å². The average Bonchev–Trinajstić information content (AvgIpc) is 3.34. The third-order valence-corrected chi connectivity index (χ3v) is 8.33. The van der Waals surface area contributed by atoms with Crippen LogP contribution in [0.3, 0.4) is 0 Å². The molecule has 1 N–H and O–H groups in total. The number of rotatable bonds is 7. The van der Waals surface area contributed by atoms with Crippen LogP contribution in [0.5, 0.6) is 0 Å². The van der Waals surface area contributed by atoms with Gasteiger partial charge in [-0.2, -0.15) is 9.29 Å². The molecule has 0 bridgehead atoms. The monoisotopic (exact) mass is 482 g/mol. The number of hydrogen-bond acceptors (Lipinski definition) is 6. The zero-order valence-corrected chi connectivity index (χ0v) is 20.6. The molecular weight excluding hydrogens is 452 g/mol. The molecule has 1 saturated heterocycles. The topological polar surface area (TPSA) is 105 Å². The Morgan fingerprint density at radius 1 is 1.09 bits per heavy atom. The van der Waals surface area contributed by atoms with Crippen LogP contribution in [0.1, 0.15) is 43.7 Å². The third-order valence-electron chi connectivity index (χ3n) is 6.29. The Labute approximate surface area is 200 Å². The van der Waals surface area contributed by atoms with E-state index in [0.717, 1.165) is 12.1 Å². The standard InChI is InChI=1S/C25H30N4O4S/c1-4-18-7-10-21(11-8-18)26-25(30)19-12-14-29(15-13-19)34(31,32)22-16-20(9-6-17(22)3)24-27-23(5-2)33-28-24/h6-11,16,19H,4-5,12-15H2,1-3H3,(H,26,30). The molecule has 0 spiro atoms. The lowest BCUT2D eigenvalue weighted by molar-refractivity contribution is -0.120. The van der Waals surface area contributed by atoms with E-state index in [-0.39, 0.29) is 16.7 Å². The maximum atomic E-state index is 13.4. The Bertz CT molecular complexity index is 1260. The van der Waals surface area contributed by atoms with Gasteiger partial charge in [-0.05, 0) is 55.5 Å². The van der Waals surface area contributed by atoms with Crippen molar-refractivity contribution in [2.75, 3.05) is 18.4 Å². The molecular formula is C25H30N4O4S. The lowest BCUT2D eigenvalue weighted by Gasteiger charge is -2.31. The number of nitrogens with one attached hydrogen (secondary N) is 1. The van der Waals surface area contributed by atoms with Crippen LogP contribution in [0, 0.1) is 12.8 Å². The van der Waals surface area contributed by atoms with E-state index >= 15 is 0 Å². The van der Waals surface area contributed by atoms with E-state index in [1.54, 1.807) is 25.1 Å². The number of hydrogen-bond donors (Lipinski definition) is 1. The molecule has 3 aromatic rings. The highest BCUT2D eigenvalue weighted by Gasteiger charge is 2.33. The Balaban J connectivity index is 1.44. The van der Waals surface area contributed by atoms with Crippen LogP contribution in [0.15, 0.2) is 51.9 Å². The summed E-state index contributed by atoms with van der Waals surface area (Å²) in [5, 5.41) is 6.92. The number of carbonyl (C=O) groups is 1. The zero-order valence-electron chi connectivity index (χ0n) is 19.7.